The fourth-order valence-corrected chi connectivity index (χ4v) is 2.37. The van der Waals surface area contributed by atoms with Crippen molar-refractivity contribution in [3.63, 3.8) is 0 Å². The highest BCUT2D eigenvalue weighted by Crippen LogP contribution is 2.30. The molecule has 1 aromatic carbocycles. The maximum Gasteiger partial charge on any atom is 0.349 e. The molecule has 0 radical (unpaired) electrons. The summed E-state index contributed by atoms with van der Waals surface area (Å²) in [5.41, 5.74) is 0.281. The normalized spacial score (nSPS) is 10.4. The molecule has 0 amide bonds. The van der Waals surface area contributed by atoms with E-state index in [-0.39, 0.29) is 17.2 Å². The quantitative estimate of drug-likeness (QED) is 0.806. The molecule has 0 aliphatic carbocycles. The van der Waals surface area contributed by atoms with Gasteiger partial charge in [0.15, 0.2) is 5.82 Å². The summed E-state index contributed by atoms with van der Waals surface area (Å²) in [5.74, 6) is -0.993. The van der Waals surface area contributed by atoms with Crippen LogP contribution >= 0.6 is 22.9 Å². The van der Waals surface area contributed by atoms with Gasteiger partial charge in [-0.05, 0) is 19.1 Å². The molecule has 1 heterocycles. The first-order chi connectivity index (χ1) is 8.63. The molecule has 2 rings (SSSR count). The molecule has 0 bridgehead atoms. The van der Waals surface area contributed by atoms with Crippen LogP contribution in [0.25, 0.3) is 10.6 Å². The minimum atomic E-state index is -0.538. The van der Waals surface area contributed by atoms with Crippen molar-refractivity contribution in [3.05, 3.63) is 40.1 Å². The molecule has 0 saturated heterocycles. The molecule has 94 valence electrons. The van der Waals surface area contributed by atoms with Crippen LogP contribution < -0.4 is 0 Å². The molecular weight excluding hydrogens is 277 g/mol. The Kier molecular flexibility index (Phi) is 3.93. The lowest BCUT2D eigenvalue weighted by Crippen LogP contribution is -2.01. The first-order valence-electron chi connectivity index (χ1n) is 5.20. The molecule has 2 aromatic rings. The fraction of sp³-hybridized carbons (Fsp3) is 0.167. The number of benzene rings is 1. The smallest absolute Gasteiger partial charge is 0.349 e. The van der Waals surface area contributed by atoms with Crippen molar-refractivity contribution in [1.29, 1.82) is 0 Å². The van der Waals surface area contributed by atoms with E-state index >= 15 is 0 Å². The van der Waals surface area contributed by atoms with Crippen LogP contribution in [0.4, 0.5) is 4.39 Å². The second-order valence-electron chi connectivity index (χ2n) is 3.35. The monoisotopic (exact) mass is 285 g/mol. The molecule has 0 spiro atoms. The molecule has 0 saturated carbocycles. The second kappa shape index (κ2) is 5.46. The van der Waals surface area contributed by atoms with Crippen LogP contribution in [0, 0.1) is 5.82 Å². The number of carbonyl (C=O) groups is 1. The van der Waals surface area contributed by atoms with Gasteiger partial charge in [0.1, 0.15) is 9.88 Å². The SMILES string of the molecule is CCOC(=O)c1cnc(-c2cccc(Cl)c2F)s1. The van der Waals surface area contributed by atoms with Gasteiger partial charge < -0.3 is 4.74 Å². The predicted molar refractivity (Wildman–Crippen MR) is 68.5 cm³/mol. The van der Waals surface area contributed by atoms with Crippen LogP contribution in [-0.4, -0.2) is 17.6 Å². The lowest BCUT2D eigenvalue weighted by Gasteiger charge is -2.00. The highest BCUT2D eigenvalue weighted by atomic mass is 35.5. The lowest BCUT2D eigenvalue weighted by atomic mass is 10.2. The van der Waals surface area contributed by atoms with Crippen molar-refractivity contribution >= 4 is 28.9 Å². The van der Waals surface area contributed by atoms with Gasteiger partial charge in [-0.3, -0.25) is 0 Å². The molecule has 18 heavy (non-hydrogen) atoms. The Morgan fingerprint density at radius 1 is 1.56 bits per heavy atom. The highest BCUT2D eigenvalue weighted by molar-refractivity contribution is 7.16. The van der Waals surface area contributed by atoms with Crippen molar-refractivity contribution in [2.45, 2.75) is 6.92 Å². The zero-order valence-electron chi connectivity index (χ0n) is 9.44. The second-order valence-corrected chi connectivity index (χ2v) is 4.79. The first-order valence-corrected chi connectivity index (χ1v) is 6.40. The summed E-state index contributed by atoms with van der Waals surface area (Å²) in [7, 11) is 0. The van der Waals surface area contributed by atoms with Crippen molar-refractivity contribution in [1.82, 2.24) is 4.98 Å². The van der Waals surface area contributed by atoms with Crippen molar-refractivity contribution < 1.29 is 13.9 Å². The van der Waals surface area contributed by atoms with Gasteiger partial charge in [0.2, 0.25) is 0 Å². The summed E-state index contributed by atoms with van der Waals surface area (Å²) in [4.78, 5) is 15.8. The first kappa shape index (κ1) is 13.0. The summed E-state index contributed by atoms with van der Waals surface area (Å²) in [6.07, 6.45) is 1.37. The Morgan fingerprint density at radius 3 is 3.06 bits per heavy atom. The van der Waals surface area contributed by atoms with E-state index in [9.17, 15) is 9.18 Å². The van der Waals surface area contributed by atoms with Crippen LogP contribution in [0.5, 0.6) is 0 Å². The van der Waals surface area contributed by atoms with E-state index < -0.39 is 11.8 Å². The van der Waals surface area contributed by atoms with E-state index in [0.717, 1.165) is 11.3 Å². The molecule has 0 aliphatic heterocycles. The van der Waals surface area contributed by atoms with Crippen LogP contribution in [0.1, 0.15) is 16.6 Å². The van der Waals surface area contributed by atoms with Crippen molar-refractivity contribution in [3.8, 4) is 10.6 Å². The molecule has 0 atom stereocenters. The van der Waals surface area contributed by atoms with Crippen LogP contribution in [0.3, 0.4) is 0 Å². The van der Waals surface area contributed by atoms with Gasteiger partial charge in [0.05, 0.1) is 17.8 Å². The van der Waals surface area contributed by atoms with E-state index in [0.29, 0.717) is 9.88 Å². The molecule has 0 aliphatic rings. The molecule has 0 fully saturated rings. The van der Waals surface area contributed by atoms with E-state index in [1.54, 1.807) is 19.1 Å². The Morgan fingerprint density at radius 2 is 2.33 bits per heavy atom. The highest BCUT2D eigenvalue weighted by Gasteiger charge is 2.15. The number of esters is 1. The van der Waals surface area contributed by atoms with Crippen molar-refractivity contribution in [2.75, 3.05) is 6.61 Å². The summed E-state index contributed by atoms with van der Waals surface area (Å²) in [5, 5.41) is 0.429. The number of nitrogens with zero attached hydrogens (tertiary/aromatic N) is 1. The molecule has 0 unspecified atom stereocenters. The molecule has 1 aromatic heterocycles. The number of rotatable bonds is 3. The van der Waals surface area contributed by atoms with Gasteiger partial charge >= 0.3 is 5.97 Å². The van der Waals surface area contributed by atoms with E-state index in [1.165, 1.54) is 12.3 Å². The largest absolute Gasteiger partial charge is 0.462 e. The number of hydrogen-bond acceptors (Lipinski definition) is 4. The van der Waals surface area contributed by atoms with Gasteiger partial charge in [-0.1, -0.05) is 17.7 Å². The molecule has 3 nitrogen and oxygen atoms in total. The average Bonchev–Trinajstić information content (AvgIpc) is 2.82. The summed E-state index contributed by atoms with van der Waals surface area (Å²) in [6.45, 7) is 2.01. The van der Waals surface area contributed by atoms with Gasteiger partial charge in [0, 0.05) is 5.56 Å². The molecule has 0 N–H and O–H groups in total. The number of thiazole rings is 1. The average molecular weight is 286 g/mol. The van der Waals surface area contributed by atoms with Crippen molar-refractivity contribution in [2.24, 2.45) is 0 Å². The molecular formula is C12H9ClFNO2S. The van der Waals surface area contributed by atoms with Gasteiger partial charge in [-0.15, -0.1) is 11.3 Å². The number of aromatic nitrogens is 1. The lowest BCUT2D eigenvalue weighted by molar-refractivity contribution is 0.0532. The maximum absolute atomic E-state index is 13.8. The number of ether oxygens (including phenoxy) is 1. The summed E-state index contributed by atoms with van der Waals surface area (Å²) in [6, 6.07) is 4.65. The summed E-state index contributed by atoms with van der Waals surface area (Å²) >= 11 is 6.77. The van der Waals surface area contributed by atoms with E-state index in [1.807, 2.05) is 0 Å². The fourth-order valence-electron chi connectivity index (χ4n) is 1.36. The third kappa shape index (κ3) is 2.52. The zero-order chi connectivity index (χ0) is 13.1. The van der Waals surface area contributed by atoms with Crippen LogP contribution in [0.15, 0.2) is 24.4 Å². The van der Waals surface area contributed by atoms with E-state index in [4.69, 9.17) is 16.3 Å². The minimum Gasteiger partial charge on any atom is -0.462 e. The third-order valence-corrected chi connectivity index (χ3v) is 3.47. The maximum atomic E-state index is 13.8. The standard InChI is InChI=1S/C12H9ClFNO2S/c1-2-17-12(16)9-6-15-11(18-9)7-4-3-5-8(13)10(7)14/h3-6H,2H2,1H3. The van der Waals surface area contributed by atoms with Crippen LogP contribution in [0.2, 0.25) is 5.02 Å². The molecule has 6 heteroatoms. The number of halogens is 2. The topological polar surface area (TPSA) is 39.2 Å². The Labute approximate surface area is 112 Å². The van der Waals surface area contributed by atoms with Gasteiger partial charge in [-0.25, -0.2) is 14.2 Å². The minimum absolute atomic E-state index is 0.0281. The number of hydrogen-bond donors (Lipinski definition) is 0. The van der Waals surface area contributed by atoms with Gasteiger partial charge in [0.25, 0.3) is 0 Å². The van der Waals surface area contributed by atoms with Crippen LogP contribution in [-0.2, 0) is 4.74 Å². The van der Waals surface area contributed by atoms with Gasteiger partial charge in [-0.2, -0.15) is 0 Å². The summed E-state index contributed by atoms with van der Waals surface area (Å²) < 4.78 is 18.6. The van der Waals surface area contributed by atoms with E-state index in [2.05, 4.69) is 4.98 Å². The number of carbonyl (C=O) groups excluding carboxylic acids is 1. The Bertz CT molecular complexity index is 585. The third-order valence-electron chi connectivity index (χ3n) is 2.16. The zero-order valence-corrected chi connectivity index (χ0v) is 11.0. The Hall–Kier alpha value is -1.46. The predicted octanol–water partition coefficient (Wildman–Crippen LogP) is 3.78. The Balaban J connectivity index is 2.35.